The second-order valence-corrected chi connectivity index (χ2v) is 7.78. The van der Waals surface area contributed by atoms with Gasteiger partial charge in [-0.2, -0.15) is 15.4 Å². The van der Waals surface area contributed by atoms with Gasteiger partial charge in [-0.1, -0.05) is 13.0 Å². The zero-order chi connectivity index (χ0) is 22.8. The van der Waals surface area contributed by atoms with Crippen LogP contribution in [-0.2, 0) is 4.79 Å². The number of rotatable bonds is 4. The maximum absolute atomic E-state index is 14.3. The van der Waals surface area contributed by atoms with Gasteiger partial charge in [0.1, 0.15) is 17.8 Å². The average Bonchev–Trinajstić information content (AvgIpc) is 3.21. The van der Waals surface area contributed by atoms with Crippen molar-refractivity contribution >= 4 is 23.8 Å². The first-order chi connectivity index (χ1) is 15.4. The molecular weight excluding hydrogens is 411 g/mol. The smallest absolute Gasteiger partial charge is 0.261 e. The predicted octanol–water partition coefficient (Wildman–Crippen LogP) is 2.29. The Morgan fingerprint density at radius 2 is 1.97 bits per heavy atom. The van der Waals surface area contributed by atoms with Gasteiger partial charge in [0.05, 0.1) is 11.1 Å². The molecule has 0 saturated carbocycles. The molecule has 32 heavy (non-hydrogen) atoms. The van der Waals surface area contributed by atoms with E-state index in [0.29, 0.717) is 24.2 Å². The third kappa shape index (κ3) is 3.85. The molecule has 164 valence electrons. The molecule has 2 amide bonds. The van der Waals surface area contributed by atoms with Gasteiger partial charge >= 0.3 is 0 Å². The zero-order valence-electron chi connectivity index (χ0n) is 18.0. The number of pyridine rings is 1. The van der Waals surface area contributed by atoms with E-state index < -0.39 is 11.7 Å². The van der Waals surface area contributed by atoms with E-state index in [9.17, 15) is 14.0 Å². The van der Waals surface area contributed by atoms with Gasteiger partial charge in [0.2, 0.25) is 0 Å². The fourth-order valence-electron chi connectivity index (χ4n) is 3.98. The highest BCUT2D eigenvalue weighted by atomic mass is 19.1. The van der Waals surface area contributed by atoms with Crippen molar-refractivity contribution < 1.29 is 14.0 Å². The molecule has 1 saturated heterocycles. The molecule has 0 bridgehead atoms. The van der Waals surface area contributed by atoms with Crippen LogP contribution >= 0.6 is 0 Å². The highest BCUT2D eigenvalue weighted by Gasteiger charge is 2.33. The molecule has 0 spiro atoms. The Bertz CT molecular complexity index is 1120. The summed E-state index contributed by atoms with van der Waals surface area (Å²) in [4.78, 5) is 34.1. The van der Waals surface area contributed by atoms with Crippen molar-refractivity contribution in [3.05, 3.63) is 58.5 Å². The normalized spacial score (nSPS) is 18.8. The third-order valence-corrected chi connectivity index (χ3v) is 6.01. The molecule has 1 aromatic carbocycles. The lowest BCUT2D eigenvalue weighted by Crippen LogP contribution is -2.48. The number of carbonyl (C=O) groups excluding carboxylic acids is 2. The summed E-state index contributed by atoms with van der Waals surface area (Å²) in [7, 11) is 0. The number of anilines is 1. The van der Waals surface area contributed by atoms with E-state index in [1.54, 1.807) is 29.2 Å². The highest BCUT2D eigenvalue weighted by Crippen LogP contribution is 2.30. The lowest BCUT2D eigenvalue weighted by Gasteiger charge is -2.34. The first kappa shape index (κ1) is 21.6. The Kier molecular flexibility index (Phi) is 5.97. The Morgan fingerprint density at radius 3 is 2.59 bits per heavy atom. The molecule has 3 heterocycles. The molecule has 2 aliphatic rings. The number of hydrogen-bond acceptors (Lipinski definition) is 6. The van der Waals surface area contributed by atoms with Crippen molar-refractivity contribution in [3.63, 3.8) is 0 Å². The molecule has 1 aromatic heterocycles. The molecule has 0 aliphatic carbocycles. The number of aromatic nitrogens is 1. The second-order valence-electron chi connectivity index (χ2n) is 7.78. The van der Waals surface area contributed by atoms with E-state index in [0.717, 1.165) is 24.6 Å². The van der Waals surface area contributed by atoms with Gasteiger partial charge in [0.15, 0.2) is 5.82 Å². The van der Waals surface area contributed by atoms with E-state index >= 15 is 0 Å². The van der Waals surface area contributed by atoms with E-state index in [1.165, 1.54) is 25.4 Å². The molecule has 8 nitrogen and oxygen atoms in total. The van der Waals surface area contributed by atoms with Crippen LogP contribution < -0.4 is 5.01 Å². The summed E-state index contributed by atoms with van der Waals surface area (Å²) in [6, 6.07) is 7.95. The van der Waals surface area contributed by atoms with Crippen molar-refractivity contribution in [2.75, 3.05) is 37.7 Å². The molecule has 4 rings (SSSR count). The number of hydrazone groups is 1. The van der Waals surface area contributed by atoms with Gasteiger partial charge in [-0.15, -0.1) is 0 Å². The summed E-state index contributed by atoms with van der Waals surface area (Å²) < 4.78 is 14.3. The summed E-state index contributed by atoms with van der Waals surface area (Å²) in [5, 5.41) is 14.3. The molecular formula is C23H23FN6O2. The van der Waals surface area contributed by atoms with Gasteiger partial charge in [-0.05, 0) is 42.8 Å². The number of amides is 2. The molecule has 1 atom stereocenters. The SMILES string of the molecule is CCN1CCN(C(=O)c2ccc(N3N=CC(c4ccc(C#N)c(F)c4C)C3=O)nc2)CC1. The van der Waals surface area contributed by atoms with Gasteiger partial charge < -0.3 is 9.80 Å². The third-order valence-electron chi connectivity index (χ3n) is 6.01. The molecule has 2 aliphatic heterocycles. The van der Waals surface area contributed by atoms with Gasteiger partial charge in [-0.25, -0.2) is 9.37 Å². The summed E-state index contributed by atoms with van der Waals surface area (Å²) in [5.74, 6) is -1.58. The molecule has 0 radical (unpaired) electrons. The van der Waals surface area contributed by atoms with E-state index in [2.05, 4.69) is 21.9 Å². The van der Waals surface area contributed by atoms with Crippen molar-refractivity contribution in [2.24, 2.45) is 5.10 Å². The number of likely N-dealkylation sites (N-methyl/N-ethyl adjacent to an activating group) is 1. The molecule has 0 N–H and O–H groups in total. The van der Waals surface area contributed by atoms with Crippen LogP contribution in [0.3, 0.4) is 0 Å². The topological polar surface area (TPSA) is 92.9 Å². The van der Waals surface area contributed by atoms with Gasteiger partial charge in [0.25, 0.3) is 11.8 Å². The number of nitrogens with zero attached hydrogens (tertiary/aromatic N) is 6. The van der Waals surface area contributed by atoms with E-state index in [4.69, 9.17) is 5.26 Å². The van der Waals surface area contributed by atoms with Crippen LogP contribution in [0.25, 0.3) is 0 Å². The minimum absolute atomic E-state index is 0.0662. The maximum atomic E-state index is 14.3. The second kappa shape index (κ2) is 8.85. The van der Waals surface area contributed by atoms with Crippen LogP contribution in [-0.4, -0.2) is 65.5 Å². The summed E-state index contributed by atoms with van der Waals surface area (Å²) in [6.45, 7) is 7.65. The zero-order valence-corrected chi connectivity index (χ0v) is 18.0. The standard InChI is InChI=1S/C23H23FN6O2/c1-3-28-8-10-29(11-9-28)22(31)17-5-7-20(26-13-17)30-23(32)19(14-27-30)18-6-4-16(12-25)21(24)15(18)2/h4-7,13-14,19H,3,8-11H2,1-2H3. The monoisotopic (exact) mass is 434 g/mol. The molecule has 9 heteroatoms. The number of nitriles is 1. The lowest BCUT2D eigenvalue weighted by atomic mass is 9.93. The number of benzene rings is 1. The van der Waals surface area contributed by atoms with Crippen LogP contribution in [0.2, 0.25) is 0 Å². The average molecular weight is 434 g/mol. The number of halogens is 1. The molecule has 1 fully saturated rings. The Labute approximate surface area is 185 Å². The first-order valence-corrected chi connectivity index (χ1v) is 10.5. The fourth-order valence-corrected chi connectivity index (χ4v) is 3.98. The first-order valence-electron chi connectivity index (χ1n) is 10.5. The van der Waals surface area contributed by atoms with Crippen LogP contribution in [0, 0.1) is 24.1 Å². The summed E-state index contributed by atoms with van der Waals surface area (Å²) >= 11 is 0. The van der Waals surface area contributed by atoms with Crippen molar-refractivity contribution in [3.8, 4) is 6.07 Å². The number of carbonyl (C=O) groups is 2. The van der Waals surface area contributed by atoms with E-state index in [-0.39, 0.29) is 28.8 Å². The predicted molar refractivity (Wildman–Crippen MR) is 117 cm³/mol. The van der Waals surface area contributed by atoms with Crippen molar-refractivity contribution in [1.82, 2.24) is 14.8 Å². The largest absolute Gasteiger partial charge is 0.336 e. The van der Waals surface area contributed by atoms with Crippen LogP contribution in [0.15, 0.2) is 35.6 Å². The van der Waals surface area contributed by atoms with Gasteiger partial charge in [0, 0.05) is 38.6 Å². The Morgan fingerprint density at radius 1 is 1.22 bits per heavy atom. The van der Waals surface area contributed by atoms with Crippen LogP contribution in [0.4, 0.5) is 10.2 Å². The quantitative estimate of drug-likeness (QED) is 0.736. The van der Waals surface area contributed by atoms with Crippen LogP contribution in [0.5, 0.6) is 0 Å². The van der Waals surface area contributed by atoms with Gasteiger partial charge in [-0.3, -0.25) is 9.59 Å². The molecule has 2 aromatic rings. The maximum Gasteiger partial charge on any atom is 0.261 e. The highest BCUT2D eigenvalue weighted by molar-refractivity contribution is 6.12. The van der Waals surface area contributed by atoms with E-state index in [1.807, 2.05) is 0 Å². The summed E-state index contributed by atoms with van der Waals surface area (Å²) in [5.41, 5.74) is 1.09. The van der Waals surface area contributed by atoms with Crippen molar-refractivity contribution in [2.45, 2.75) is 19.8 Å². The summed E-state index contributed by atoms with van der Waals surface area (Å²) in [6.07, 6.45) is 2.89. The minimum Gasteiger partial charge on any atom is -0.336 e. The van der Waals surface area contributed by atoms with Crippen LogP contribution in [0.1, 0.15) is 39.9 Å². The van der Waals surface area contributed by atoms with Crippen molar-refractivity contribution in [1.29, 1.82) is 5.26 Å². The minimum atomic E-state index is -0.768. The number of piperazine rings is 1. The fraction of sp³-hybridized carbons (Fsp3) is 0.348. The Hall–Kier alpha value is -3.64. The lowest BCUT2D eigenvalue weighted by molar-refractivity contribution is -0.118. The molecule has 1 unspecified atom stereocenters. The Balaban J connectivity index is 1.47. The number of hydrogen-bond donors (Lipinski definition) is 0.